The zero-order chi connectivity index (χ0) is 29.4. The van der Waals surface area contributed by atoms with Gasteiger partial charge < -0.3 is 14.2 Å². The summed E-state index contributed by atoms with van der Waals surface area (Å²) in [5, 5.41) is 8.94. The molecule has 5 heteroatoms. The molecule has 0 spiro atoms. The van der Waals surface area contributed by atoms with Gasteiger partial charge in [0.25, 0.3) is 0 Å². The van der Waals surface area contributed by atoms with Crippen molar-refractivity contribution in [3.8, 4) is 39.8 Å². The number of hydrogen-bond acceptors (Lipinski definition) is 5. The van der Waals surface area contributed by atoms with Crippen molar-refractivity contribution in [2.45, 2.75) is 38.5 Å². The minimum absolute atomic E-state index is 0.294. The van der Waals surface area contributed by atoms with Crippen molar-refractivity contribution in [2.24, 2.45) is 0 Å². The van der Waals surface area contributed by atoms with Crippen LogP contribution in [0.4, 0.5) is 0 Å². The van der Waals surface area contributed by atoms with Crippen molar-refractivity contribution in [1.29, 1.82) is 5.26 Å². The van der Waals surface area contributed by atoms with Crippen molar-refractivity contribution in [3.05, 3.63) is 121 Å². The number of esters is 1. The van der Waals surface area contributed by atoms with Gasteiger partial charge in [-0.3, -0.25) is 0 Å². The minimum atomic E-state index is -0.294. The van der Waals surface area contributed by atoms with E-state index in [2.05, 4.69) is 12.6 Å². The van der Waals surface area contributed by atoms with Crippen LogP contribution in [0.1, 0.15) is 54.4 Å². The summed E-state index contributed by atoms with van der Waals surface area (Å²) < 4.78 is 17.1. The van der Waals surface area contributed by atoms with Gasteiger partial charge in [0.2, 0.25) is 0 Å². The lowest BCUT2D eigenvalue weighted by Crippen LogP contribution is -2.06. The van der Waals surface area contributed by atoms with Gasteiger partial charge in [0, 0.05) is 0 Å². The number of benzene rings is 4. The van der Waals surface area contributed by atoms with Gasteiger partial charge >= 0.3 is 5.97 Å². The van der Waals surface area contributed by atoms with Crippen LogP contribution >= 0.6 is 0 Å². The Morgan fingerprint density at radius 1 is 0.619 bits per heavy atom. The lowest BCUT2D eigenvalue weighted by Gasteiger charge is -2.09. The lowest BCUT2D eigenvalue weighted by atomic mass is 10.0. The first-order valence-electron chi connectivity index (χ1n) is 14.5. The van der Waals surface area contributed by atoms with E-state index in [-0.39, 0.29) is 5.97 Å². The molecule has 0 radical (unpaired) electrons. The van der Waals surface area contributed by atoms with E-state index >= 15 is 0 Å². The summed E-state index contributed by atoms with van der Waals surface area (Å²) in [6.45, 7) is 5.46. The van der Waals surface area contributed by atoms with E-state index in [1.165, 1.54) is 0 Å². The van der Waals surface area contributed by atoms with Crippen molar-refractivity contribution in [2.75, 3.05) is 19.8 Å². The molecule has 0 unspecified atom stereocenters. The first-order valence-corrected chi connectivity index (χ1v) is 14.5. The first kappa shape index (κ1) is 30.1. The Morgan fingerprint density at radius 2 is 1.07 bits per heavy atom. The van der Waals surface area contributed by atoms with Crippen molar-refractivity contribution >= 4 is 5.97 Å². The summed E-state index contributed by atoms with van der Waals surface area (Å²) in [5.41, 5.74) is 5.47. The molecule has 0 amide bonds. The number of nitriles is 1. The zero-order valence-corrected chi connectivity index (χ0v) is 24.0. The molecule has 5 nitrogen and oxygen atoms in total. The molecule has 0 heterocycles. The predicted octanol–water partition coefficient (Wildman–Crippen LogP) is 9.03. The molecule has 42 heavy (non-hydrogen) atoms. The maximum atomic E-state index is 12.4. The highest BCUT2D eigenvalue weighted by Crippen LogP contribution is 2.24. The van der Waals surface area contributed by atoms with Crippen molar-refractivity contribution < 1.29 is 19.0 Å². The number of ether oxygens (including phenoxy) is 3. The molecule has 0 saturated carbocycles. The third-order valence-electron chi connectivity index (χ3n) is 6.87. The zero-order valence-electron chi connectivity index (χ0n) is 24.0. The fourth-order valence-electron chi connectivity index (χ4n) is 4.44. The Kier molecular flexibility index (Phi) is 11.8. The summed E-state index contributed by atoms with van der Waals surface area (Å²) in [5.74, 6) is 1.40. The first-order chi connectivity index (χ1) is 20.7. The maximum absolute atomic E-state index is 12.4. The number of carbonyl (C=O) groups excluding carboxylic acids is 1. The predicted molar refractivity (Wildman–Crippen MR) is 168 cm³/mol. The second kappa shape index (κ2) is 16.4. The van der Waals surface area contributed by atoms with Gasteiger partial charge in [-0.25, -0.2) is 4.79 Å². The van der Waals surface area contributed by atoms with E-state index in [1.54, 1.807) is 0 Å². The van der Waals surface area contributed by atoms with Gasteiger partial charge in [-0.15, -0.1) is 6.58 Å². The van der Waals surface area contributed by atoms with E-state index < -0.39 is 0 Å². The summed E-state index contributed by atoms with van der Waals surface area (Å²) in [6.07, 6.45) is 7.55. The molecular weight excluding hydrogens is 522 g/mol. The molecule has 4 rings (SSSR count). The Balaban J connectivity index is 1.08. The van der Waals surface area contributed by atoms with E-state index in [1.807, 2.05) is 103 Å². The van der Waals surface area contributed by atoms with Crippen molar-refractivity contribution in [1.82, 2.24) is 0 Å². The van der Waals surface area contributed by atoms with Gasteiger partial charge in [-0.05, 0) is 109 Å². The molecule has 0 atom stereocenters. The van der Waals surface area contributed by atoms with Gasteiger partial charge in [0.05, 0.1) is 37.0 Å². The quantitative estimate of drug-likeness (QED) is 0.0778. The van der Waals surface area contributed by atoms with E-state index in [0.29, 0.717) is 30.9 Å². The highest BCUT2D eigenvalue weighted by Gasteiger charge is 2.08. The Hall–Kier alpha value is -4.82. The van der Waals surface area contributed by atoms with Crippen molar-refractivity contribution in [3.63, 3.8) is 0 Å². The van der Waals surface area contributed by atoms with Crippen LogP contribution in [0, 0.1) is 11.3 Å². The lowest BCUT2D eigenvalue weighted by molar-refractivity contribution is 0.0497. The molecule has 4 aromatic carbocycles. The highest BCUT2D eigenvalue weighted by atomic mass is 16.5. The number of rotatable bonds is 16. The van der Waals surface area contributed by atoms with Crippen LogP contribution in [0.25, 0.3) is 22.3 Å². The fraction of sp³-hybridized carbons (Fsp3) is 0.243. The molecule has 0 aliphatic carbocycles. The number of nitrogens with zero attached hydrogens (tertiary/aromatic N) is 1. The van der Waals surface area contributed by atoms with E-state index in [9.17, 15) is 4.79 Å². The van der Waals surface area contributed by atoms with Crippen LogP contribution in [0.2, 0.25) is 0 Å². The van der Waals surface area contributed by atoms with Gasteiger partial charge in [-0.1, -0.05) is 54.6 Å². The molecule has 0 bridgehead atoms. The Morgan fingerprint density at radius 3 is 1.57 bits per heavy atom. The largest absolute Gasteiger partial charge is 0.494 e. The fourth-order valence-corrected chi connectivity index (χ4v) is 4.44. The second-order valence-corrected chi connectivity index (χ2v) is 9.99. The Bertz CT molecular complexity index is 1430. The molecule has 214 valence electrons. The van der Waals surface area contributed by atoms with E-state index in [0.717, 1.165) is 72.3 Å². The van der Waals surface area contributed by atoms with Crippen LogP contribution in [0.3, 0.4) is 0 Å². The van der Waals surface area contributed by atoms with E-state index in [4.69, 9.17) is 19.5 Å². The highest BCUT2D eigenvalue weighted by molar-refractivity contribution is 5.90. The number of allylic oxidation sites excluding steroid dienone is 1. The monoisotopic (exact) mass is 559 g/mol. The Labute approximate surface area is 249 Å². The van der Waals surface area contributed by atoms with Crippen LogP contribution in [-0.4, -0.2) is 25.8 Å². The summed E-state index contributed by atoms with van der Waals surface area (Å²) in [7, 11) is 0. The summed E-state index contributed by atoms with van der Waals surface area (Å²) in [4.78, 5) is 12.4. The van der Waals surface area contributed by atoms with Gasteiger partial charge in [-0.2, -0.15) is 5.26 Å². The number of unbranched alkanes of at least 4 members (excludes halogenated alkanes) is 4. The van der Waals surface area contributed by atoms with Crippen LogP contribution in [-0.2, 0) is 4.74 Å². The molecular formula is C37H37NO4. The molecule has 0 aromatic heterocycles. The summed E-state index contributed by atoms with van der Waals surface area (Å²) >= 11 is 0. The van der Waals surface area contributed by atoms with Gasteiger partial charge in [0.15, 0.2) is 0 Å². The molecule has 0 saturated heterocycles. The number of carbonyl (C=O) groups is 1. The average Bonchev–Trinajstić information content (AvgIpc) is 3.05. The SMILES string of the molecule is C=CCCCOc1ccc(-c2ccc(C(=O)OCCCCCCOc3ccc(-c4ccc(C#N)cc4)cc3)cc2)cc1. The second-order valence-electron chi connectivity index (χ2n) is 9.99. The molecule has 0 aliphatic rings. The third kappa shape index (κ3) is 9.38. The van der Waals surface area contributed by atoms with Crippen LogP contribution in [0.5, 0.6) is 11.5 Å². The summed E-state index contributed by atoms with van der Waals surface area (Å²) in [6, 6.07) is 33.2. The molecule has 4 aromatic rings. The molecule has 0 N–H and O–H groups in total. The maximum Gasteiger partial charge on any atom is 0.338 e. The topological polar surface area (TPSA) is 68.6 Å². The normalized spacial score (nSPS) is 10.5. The number of hydrogen-bond donors (Lipinski definition) is 0. The standard InChI is InChI=1S/C37H37NO4/c1-2-3-6-25-40-35-23-19-33(20-24-35)31-13-15-34(16-14-31)37(39)42-27-8-5-4-7-26-41-36-21-17-32(18-22-36)30-11-9-29(28-38)10-12-30/h2,9-24H,1,3-8,25-27H2. The molecule has 0 aliphatic heterocycles. The van der Waals surface area contributed by atoms with Gasteiger partial charge in [0.1, 0.15) is 11.5 Å². The minimum Gasteiger partial charge on any atom is -0.494 e. The third-order valence-corrected chi connectivity index (χ3v) is 6.87. The van der Waals surface area contributed by atoms with Crippen LogP contribution < -0.4 is 9.47 Å². The molecule has 0 fully saturated rings. The smallest absolute Gasteiger partial charge is 0.338 e. The average molecular weight is 560 g/mol. The van der Waals surface area contributed by atoms with Crippen LogP contribution in [0.15, 0.2) is 110 Å².